The zero-order chi connectivity index (χ0) is 28.1. The monoisotopic (exact) mass is 532 g/mol. The van der Waals surface area contributed by atoms with Crippen molar-refractivity contribution in [3.8, 4) is 0 Å². The van der Waals surface area contributed by atoms with Gasteiger partial charge in [-0.1, -0.05) is 39.3 Å². The Morgan fingerprint density at radius 3 is 2.42 bits per heavy atom. The first-order valence-corrected chi connectivity index (χ1v) is 14.0. The molecule has 210 valence electrons. The third-order valence-electron chi connectivity index (χ3n) is 10.2. The molecule has 38 heavy (non-hydrogen) atoms. The number of ketones is 2. The first kappa shape index (κ1) is 28.7. The lowest BCUT2D eigenvalue weighted by molar-refractivity contribution is -0.230. The topological polar surface area (TPSA) is 107 Å². The highest BCUT2D eigenvalue weighted by atomic mass is 19.1. The summed E-state index contributed by atoms with van der Waals surface area (Å²) in [6.07, 6.45) is 5.93. The second-order valence-electron chi connectivity index (χ2n) is 12.2. The molecule has 0 aliphatic heterocycles. The van der Waals surface area contributed by atoms with E-state index >= 15 is 4.39 Å². The number of carbonyl (C=O) groups is 4. The molecule has 0 heterocycles. The van der Waals surface area contributed by atoms with Crippen LogP contribution in [0.1, 0.15) is 86.0 Å². The van der Waals surface area contributed by atoms with E-state index in [0.717, 1.165) is 0 Å². The number of carbonyl (C=O) groups excluding carboxylic acids is 4. The van der Waals surface area contributed by atoms with Gasteiger partial charge in [-0.05, 0) is 69.4 Å². The van der Waals surface area contributed by atoms with Crippen LogP contribution in [0.3, 0.4) is 0 Å². The molecule has 3 fully saturated rings. The maximum atomic E-state index is 17.9. The summed E-state index contributed by atoms with van der Waals surface area (Å²) in [5.41, 5.74) is -5.49. The van der Waals surface area contributed by atoms with E-state index in [-0.39, 0.29) is 31.0 Å². The van der Waals surface area contributed by atoms with E-state index in [1.54, 1.807) is 26.8 Å². The Morgan fingerprint density at radius 1 is 1.11 bits per heavy atom. The second kappa shape index (κ2) is 10.00. The number of allylic oxidation sites excluding steroid dienone is 4. The van der Waals surface area contributed by atoms with Gasteiger partial charge in [0, 0.05) is 29.6 Å². The lowest BCUT2D eigenvalue weighted by Gasteiger charge is -2.63. The molecule has 4 aliphatic carbocycles. The number of alkyl halides is 1. The predicted molar refractivity (Wildman–Crippen MR) is 138 cm³/mol. The van der Waals surface area contributed by atoms with E-state index in [0.29, 0.717) is 37.7 Å². The average molecular weight is 533 g/mol. The molecule has 7 nitrogen and oxygen atoms in total. The Hall–Kier alpha value is -2.35. The second-order valence-corrected chi connectivity index (χ2v) is 12.2. The lowest BCUT2D eigenvalue weighted by Crippen LogP contribution is -2.70. The summed E-state index contributed by atoms with van der Waals surface area (Å²) in [5, 5.41) is 12.1. The molecule has 8 heteroatoms. The first-order chi connectivity index (χ1) is 17.8. The Labute approximate surface area is 224 Å². The number of halogens is 1. The highest BCUT2D eigenvalue weighted by Crippen LogP contribution is 2.71. The van der Waals surface area contributed by atoms with Crippen LogP contribution in [-0.4, -0.2) is 52.6 Å². The quantitative estimate of drug-likeness (QED) is 0.456. The number of esters is 2. The van der Waals surface area contributed by atoms with Gasteiger partial charge in [0.25, 0.3) is 0 Å². The van der Waals surface area contributed by atoms with Crippen molar-refractivity contribution in [2.24, 2.45) is 28.6 Å². The number of ether oxygens (including phenoxy) is 2. The number of hydrogen-bond donors (Lipinski definition) is 1. The van der Waals surface area contributed by atoms with Crippen LogP contribution in [0.2, 0.25) is 0 Å². The Morgan fingerprint density at radius 2 is 1.76 bits per heavy atom. The van der Waals surface area contributed by atoms with Crippen molar-refractivity contribution >= 4 is 23.5 Å². The van der Waals surface area contributed by atoms with Gasteiger partial charge in [0.1, 0.15) is 11.7 Å². The minimum Gasteiger partial charge on any atom is -0.459 e. The van der Waals surface area contributed by atoms with Crippen LogP contribution in [-0.2, 0) is 28.7 Å². The van der Waals surface area contributed by atoms with Gasteiger partial charge in [-0.3, -0.25) is 19.2 Å². The maximum absolute atomic E-state index is 17.9. The van der Waals surface area contributed by atoms with Gasteiger partial charge in [-0.2, -0.15) is 0 Å². The van der Waals surface area contributed by atoms with E-state index in [9.17, 15) is 24.3 Å². The number of aliphatic hydroxyl groups is 1. The van der Waals surface area contributed by atoms with Gasteiger partial charge in [-0.15, -0.1) is 0 Å². The van der Waals surface area contributed by atoms with Crippen LogP contribution >= 0.6 is 0 Å². The van der Waals surface area contributed by atoms with Gasteiger partial charge in [-0.25, -0.2) is 4.39 Å². The van der Waals surface area contributed by atoms with Crippen LogP contribution < -0.4 is 0 Å². The minimum absolute atomic E-state index is 0.0553. The van der Waals surface area contributed by atoms with Crippen molar-refractivity contribution in [2.45, 2.75) is 103 Å². The molecule has 3 saturated carbocycles. The van der Waals surface area contributed by atoms with Gasteiger partial charge in [0.05, 0.1) is 0 Å². The van der Waals surface area contributed by atoms with Gasteiger partial charge < -0.3 is 14.6 Å². The predicted octanol–water partition coefficient (Wildman–Crippen LogP) is 4.60. The molecule has 4 rings (SSSR count). The lowest BCUT2D eigenvalue weighted by atomic mass is 9.44. The molecule has 1 N–H and O–H groups in total. The van der Waals surface area contributed by atoms with Crippen molar-refractivity contribution in [1.29, 1.82) is 0 Å². The summed E-state index contributed by atoms with van der Waals surface area (Å²) >= 11 is 0. The summed E-state index contributed by atoms with van der Waals surface area (Å²) in [6, 6.07) is 0. The van der Waals surface area contributed by atoms with Crippen LogP contribution in [0.4, 0.5) is 4.39 Å². The number of hydrogen-bond acceptors (Lipinski definition) is 7. The van der Waals surface area contributed by atoms with E-state index in [1.807, 2.05) is 13.8 Å². The van der Waals surface area contributed by atoms with Crippen molar-refractivity contribution in [3.63, 3.8) is 0 Å². The zero-order valence-electron chi connectivity index (χ0n) is 23.2. The molecular weight excluding hydrogens is 491 g/mol. The van der Waals surface area contributed by atoms with Crippen molar-refractivity contribution in [3.05, 3.63) is 23.8 Å². The van der Waals surface area contributed by atoms with E-state index in [2.05, 4.69) is 0 Å². The average Bonchev–Trinajstić information content (AvgIpc) is 3.05. The Balaban J connectivity index is 1.77. The first-order valence-electron chi connectivity index (χ1n) is 14.0. The molecule has 0 saturated heterocycles. The molecule has 0 unspecified atom stereocenters. The van der Waals surface area contributed by atoms with Crippen LogP contribution in [0.5, 0.6) is 0 Å². The summed E-state index contributed by atoms with van der Waals surface area (Å²) in [6.45, 7) is 8.45. The standard InChI is InChI=1S/C30H41FO7/c1-6-8-25(34)37-17-23(33)30(36)18(3)14-22-21-11-10-19-15-20(32)12-13-27(19,4)29(21,31)24(16-28(22,30)5)38-26(35)9-7-2/h12-13,15,18,21-22,24,36H,6-11,14,16-17H2,1-5H3/t18-,21+,22+,24+,27+,28+,29+,30+/m1/s1. The van der Waals surface area contributed by atoms with E-state index < -0.39 is 64.4 Å². The van der Waals surface area contributed by atoms with Crippen LogP contribution in [0.15, 0.2) is 23.8 Å². The fraction of sp³-hybridized carbons (Fsp3) is 0.733. The molecule has 0 aromatic rings. The Bertz CT molecular complexity index is 1080. The SMILES string of the molecule is CCCC(=O)OCC(=O)[C@@]1(O)[C@H](C)C[C@H]2[C@@H]3CCC4=CC(=O)C=C[C@]4(C)[C@@]3(F)[C@@H](OC(=O)CCC)C[C@@]21C. The van der Waals surface area contributed by atoms with Crippen molar-refractivity contribution < 1.29 is 38.1 Å². The largest absolute Gasteiger partial charge is 0.459 e. The molecule has 0 spiro atoms. The molecular formula is C30H41FO7. The number of rotatable bonds is 8. The smallest absolute Gasteiger partial charge is 0.306 e. The molecule has 0 aromatic carbocycles. The third kappa shape index (κ3) is 4.00. The summed E-state index contributed by atoms with van der Waals surface area (Å²) < 4.78 is 29.0. The minimum atomic E-state index is -2.02. The van der Waals surface area contributed by atoms with Crippen LogP contribution in [0.25, 0.3) is 0 Å². The maximum Gasteiger partial charge on any atom is 0.306 e. The number of fused-ring (bicyclic) bond motifs is 5. The van der Waals surface area contributed by atoms with Gasteiger partial charge in [0.2, 0.25) is 5.78 Å². The molecule has 0 amide bonds. The third-order valence-corrected chi connectivity index (χ3v) is 10.2. The van der Waals surface area contributed by atoms with E-state index in [4.69, 9.17) is 9.47 Å². The highest BCUT2D eigenvalue weighted by Gasteiger charge is 2.76. The summed E-state index contributed by atoms with van der Waals surface area (Å²) in [5.74, 6) is -3.34. The molecule has 0 radical (unpaired) electrons. The molecule has 4 aliphatic rings. The van der Waals surface area contributed by atoms with Crippen molar-refractivity contribution in [1.82, 2.24) is 0 Å². The molecule has 8 atom stereocenters. The normalized spacial score (nSPS) is 41.4. The fourth-order valence-corrected chi connectivity index (χ4v) is 8.19. The highest BCUT2D eigenvalue weighted by molar-refractivity contribution is 6.01. The Kier molecular flexibility index (Phi) is 7.54. The van der Waals surface area contributed by atoms with E-state index in [1.165, 1.54) is 12.2 Å². The zero-order valence-corrected chi connectivity index (χ0v) is 23.2. The molecule has 0 aromatic heterocycles. The number of Topliss-reactive ketones (excluding diaryl/α,β-unsaturated/α-hetero) is 1. The van der Waals surface area contributed by atoms with Gasteiger partial charge >= 0.3 is 11.9 Å². The van der Waals surface area contributed by atoms with Crippen molar-refractivity contribution in [2.75, 3.05) is 6.61 Å². The molecule has 0 bridgehead atoms. The van der Waals surface area contributed by atoms with Crippen LogP contribution in [0, 0.1) is 28.6 Å². The summed E-state index contributed by atoms with van der Waals surface area (Å²) in [7, 11) is 0. The fourth-order valence-electron chi connectivity index (χ4n) is 8.19. The van der Waals surface area contributed by atoms with Gasteiger partial charge in [0.15, 0.2) is 18.1 Å². The summed E-state index contributed by atoms with van der Waals surface area (Å²) in [4.78, 5) is 50.5.